The molecule has 3 nitrogen and oxygen atoms in total. The zero-order valence-electron chi connectivity index (χ0n) is 6.04. The fraction of sp³-hybridized carbons (Fsp3) is 0. The highest BCUT2D eigenvalue weighted by atomic mass is 127. The molecule has 0 fully saturated rings. The van der Waals surface area contributed by atoms with Crippen molar-refractivity contribution >= 4 is 51.6 Å². The Morgan fingerprint density at radius 3 is 2.92 bits per heavy atom. The van der Waals surface area contributed by atoms with Crippen molar-refractivity contribution < 1.29 is 0 Å². The van der Waals surface area contributed by atoms with Gasteiger partial charge in [0.05, 0.1) is 5.52 Å². The molecule has 64 valence electrons. The Morgan fingerprint density at radius 1 is 1.42 bits per heavy atom. The number of aromatic amines is 1. The maximum Gasteiger partial charge on any atom is 0.131 e. The summed E-state index contributed by atoms with van der Waals surface area (Å²) in [6, 6.07) is 5.71. The topological polar surface area (TPSA) is 54.7 Å². The van der Waals surface area contributed by atoms with Crippen LogP contribution in [0.3, 0.4) is 0 Å². The van der Waals surface area contributed by atoms with Crippen molar-refractivity contribution in [1.82, 2.24) is 10.2 Å². The van der Waals surface area contributed by atoms with Gasteiger partial charge in [0.25, 0.3) is 0 Å². The van der Waals surface area contributed by atoms with Gasteiger partial charge in [0.15, 0.2) is 0 Å². The van der Waals surface area contributed by atoms with E-state index >= 15 is 0 Å². The number of anilines is 1. The van der Waals surface area contributed by atoms with Crippen LogP contribution < -0.4 is 5.73 Å². The Bertz CT molecular complexity index is 398. The third kappa shape index (κ3) is 1.49. The van der Waals surface area contributed by atoms with Gasteiger partial charge in [-0.25, -0.2) is 0 Å². The van der Waals surface area contributed by atoms with Crippen molar-refractivity contribution in [3.05, 3.63) is 21.9 Å². The maximum absolute atomic E-state index is 5.61. The Hall–Kier alpha value is -0.490. The molecule has 0 spiro atoms. The molecule has 5 heteroatoms. The number of halogens is 2. The number of fused-ring (bicyclic) bond motifs is 1. The molecule has 0 aliphatic carbocycles. The average Bonchev–Trinajstić information content (AvgIpc) is 2.33. The predicted molar refractivity (Wildman–Crippen MR) is 60.5 cm³/mol. The van der Waals surface area contributed by atoms with E-state index in [-0.39, 0.29) is 12.4 Å². The number of nitrogens with two attached hydrogens (primary N) is 1. The molecular formula is C7H7ClIN3. The standard InChI is InChI=1S/C7H6IN3.ClH/c8-7-5-3-4(9)1-2-6(5)10-11-7;/h1-3H,9H2,(H,10,11);1H. The smallest absolute Gasteiger partial charge is 0.131 e. The predicted octanol–water partition coefficient (Wildman–Crippen LogP) is 2.17. The van der Waals surface area contributed by atoms with Crippen LogP contribution in [-0.4, -0.2) is 10.2 Å². The number of aromatic nitrogens is 2. The molecule has 0 saturated heterocycles. The summed E-state index contributed by atoms with van der Waals surface area (Å²) in [6.45, 7) is 0. The first-order valence-electron chi connectivity index (χ1n) is 3.16. The van der Waals surface area contributed by atoms with E-state index in [4.69, 9.17) is 5.73 Å². The number of H-pyrrole nitrogens is 1. The van der Waals surface area contributed by atoms with E-state index in [2.05, 4.69) is 32.8 Å². The van der Waals surface area contributed by atoms with Gasteiger partial charge in [-0.2, -0.15) is 5.10 Å². The van der Waals surface area contributed by atoms with Crippen LogP contribution in [0.15, 0.2) is 18.2 Å². The van der Waals surface area contributed by atoms with Gasteiger partial charge in [-0.1, -0.05) is 0 Å². The fourth-order valence-electron chi connectivity index (χ4n) is 1.000. The maximum atomic E-state index is 5.61. The Kier molecular flexibility index (Phi) is 2.79. The summed E-state index contributed by atoms with van der Waals surface area (Å²) in [6.07, 6.45) is 0. The van der Waals surface area contributed by atoms with E-state index in [0.717, 1.165) is 20.3 Å². The minimum absolute atomic E-state index is 0. The zero-order valence-corrected chi connectivity index (χ0v) is 9.02. The second kappa shape index (κ2) is 3.49. The minimum atomic E-state index is 0. The fourth-order valence-corrected chi connectivity index (χ4v) is 1.57. The molecule has 2 aromatic rings. The summed E-state index contributed by atoms with van der Waals surface area (Å²) in [4.78, 5) is 0. The van der Waals surface area contributed by atoms with E-state index in [1.807, 2.05) is 18.2 Å². The van der Waals surface area contributed by atoms with Crippen molar-refractivity contribution in [2.24, 2.45) is 0 Å². The molecule has 1 aromatic carbocycles. The summed E-state index contributed by atoms with van der Waals surface area (Å²) in [5.41, 5.74) is 7.41. The van der Waals surface area contributed by atoms with Gasteiger partial charge in [0.2, 0.25) is 0 Å². The largest absolute Gasteiger partial charge is 0.399 e. The van der Waals surface area contributed by atoms with Crippen LogP contribution >= 0.6 is 35.0 Å². The molecule has 0 amide bonds. The zero-order chi connectivity index (χ0) is 7.84. The van der Waals surface area contributed by atoms with E-state index in [1.165, 1.54) is 0 Å². The molecule has 12 heavy (non-hydrogen) atoms. The molecule has 1 heterocycles. The highest BCUT2D eigenvalue weighted by Gasteiger charge is 2.00. The van der Waals surface area contributed by atoms with E-state index in [9.17, 15) is 0 Å². The van der Waals surface area contributed by atoms with Crippen molar-refractivity contribution in [2.75, 3.05) is 5.73 Å². The van der Waals surface area contributed by atoms with Crippen molar-refractivity contribution in [3.8, 4) is 0 Å². The molecule has 3 N–H and O–H groups in total. The number of nitrogens with zero attached hydrogens (tertiary/aromatic N) is 1. The average molecular weight is 296 g/mol. The van der Waals surface area contributed by atoms with Gasteiger partial charge in [-0.05, 0) is 40.8 Å². The lowest BCUT2D eigenvalue weighted by atomic mass is 10.2. The molecule has 0 unspecified atom stereocenters. The highest BCUT2D eigenvalue weighted by molar-refractivity contribution is 14.1. The van der Waals surface area contributed by atoms with Crippen molar-refractivity contribution in [3.63, 3.8) is 0 Å². The van der Waals surface area contributed by atoms with Crippen molar-refractivity contribution in [2.45, 2.75) is 0 Å². The quantitative estimate of drug-likeness (QED) is 0.578. The first-order chi connectivity index (χ1) is 5.27. The molecule has 0 radical (unpaired) electrons. The summed E-state index contributed by atoms with van der Waals surface area (Å²) in [5, 5.41) is 8.03. The van der Waals surface area contributed by atoms with Crippen LogP contribution in [0.4, 0.5) is 5.69 Å². The number of hydrogen-bond donors (Lipinski definition) is 2. The summed E-state index contributed by atoms with van der Waals surface area (Å²) in [5.74, 6) is 0. The molecule has 0 aliphatic heterocycles. The first kappa shape index (κ1) is 9.60. The lowest BCUT2D eigenvalue weighted by molar-refractivity contribution is 1.09. The van der Waals surface area contributed by atoms with Gasteiger partial charge in [0, 0.05) is 11.1 Å². The molecule has 0 atom stereocenters. The lowest BCUT2D eigenvalue weighted by Crippen LogP contribution is -1.82. The number of benzene rings is 1. The molecule has 0 saturated carbocycles. The summed E-state index contributed by atoms with van der Waals surface area (Å²) in [7, 11) is 0. The molecule has 0 bridgehead atoms. The second-order valence-electron chi connectivity index (χ2n) is 2.32. The number of hydrogen-bond acceptors (Lipinski definition) is 2. The third-order valence-electron chi connectivity index (χ3n) is 1.54. The van der Waals surface area contributed by atoms with Gasteiger partial charge >= 0.3 is 0 Å². The van der Waals surface area contributed by atoms with Gasteiger partial charge < -0.3 is 5.73 Å². The summed E-state index contributed by atoms with van der Waals surface area (Å²) >= 11 is 2.17. The van der Waals surface area contributed by atoms with Gasteiger partial charge in [0.1, 0.15) is 3.70 Å². The second-order valence-corrected chi connectivity index (χ2v) is 3.34. The van der Waals surface area contributed by atoms with Crippen LogP contribution in [0.5, 0.6) is 0 Å². The van der Waals surface area contributed by atoms with Crippen LogP contribution in [0, 0.1) is 3.70 Å². The van der Waals surface area contributed by atoms with Crippen molar-refractivity contribution in [1.29, 1.82) is 0 Å². The van der Waals surface area contributed by atoms with Gasteiger partial charge in [-0.15, -0.1) is 12.4 Å². The Morgan fingerprint density at radius 2 is 2.17 bits per heavy atom. The SMILES string of the molecule is Cl.Nc1ccc2[nH]nc(I)c2c1. The van der Waals surface area contributed by atoms with E-state index in [0.29, 0.717) is 0 Å². The highest BCUT2D eigenvalue weighted by Crippen LogP contribution is 2.19. The monoisotopic (exact) mass is 295 g/mol. The van der Waals surface area contributed by atoms with Crippen LogP contribution in [0.25, 0.3) is 10.9 Å². The lowest BCUT2D eigenvalue weighted by Gasteiger charge is -1.91. The van der Waals surface area contributed by atoms with Gasteiger partial charge in [-0.3, -0.25) is 5.10 Å². The third-order valence-corrected chi connectivity index (χ3v) is 2.36. The van der Waals surface area contributed by atoms with Crippen LogP contribution in [-0.2, 0) is 0 Å². The van der Waals surface area contributed by atoms with E-state index < -0.39 is 0 Å². The number of rotatable bonds is 0. The molecule has 2 rings (SSSR count). The van der Waals surface area contributed by atoms with Crippen LogP contribution in [0.1, 0.15) is 0 Å². The number of nitrogens with one attached hydrogen (secondary N) is 1. The minimum Gasteiger partial charge on any atom is -0.399 e. The normalized spacial score (nSPS) is 9.75. The molecule has 1 aromatic heterocycles. The molecule has 0 aliphatic rings. The summed E-state index contributed by atoms with van der Waals surface area (Å²) < 4.78 is 0.963. The Balaban J connectivity index is 0.000000720. The molecular weight excluding hydrogens is 288 g/mol. The Labute approximate surface area is 89.3 Å². The first-order valence-corrected chi connectivity index (χ1v) is 4.24. The van der Waals surface area contributed by atoms with E-state index in [1.54, 1.807) is 0 Å². The van der Waals surface area contributed by atoms with Crippen LogP contribution in [0.2, 0.25) is 0 Å². The number of nitrogen functional groups attached to an aromatic ring is 1.